The van der Waals surface area contributed by atoms with Gasteiger partial charge in [-0.05, 0) is 25.2 Å². The summed E-state index contributed by atoms with van der Waals surface area (Å²) in [5.41, 5.74) is 0. The molecule has 0 aliphatic heterocycles. The topological polar surface area (TPSA) is 63.6 Å². The molecular formula is C14H26O4. The molecule has 18 heavy (non-hydrogen) atoms. The fraction of sp³-hybridized carbons (Fsp3) is 0.857. The molecule has 0 saturated heterocycles. The molecule has 0 heterocycles. The smallest absolute Gasteiger partial charge is 0.305 e. The molecule has 0 aromatic rings. The maximum atomic E-state index is 11.4. The first-order valence-corrected chi connectivity index (χ1v) is 6.97. The van der Waals surface area contributed by atoms with Crippen LogP contribution in [0.25, 0.3) is 0 Å². The summed E-state index contributed by atoms with van der Waals surface area (Å²) < 4.78 is 5.21. The Morgan fingerprint density at radius 3 is 2.33 bits per heavy atom. The number of ether oxygens (including phenoxy) is 1. The van der Waals surface area contributed by atoms with E-state index in [4.69, 9.17) is 9.84 Å². The van der Waals surface area contributed by atoms with Gasteiger partial charge in [0.2, 0.25) is 0 Å². The van der Waals surface area contributed by atoms with E-state index in [1.165, 1.54) is 12.8 Å². The summed E-state index contributed by atoms with van der Waals surface area (Å²) in [6.45, 7) is 4.77. The van der Waals surface area contributed by atoms with E-state index in [0.717, 1.165) is 12.8 Å². The maximum Gasteiger partial charge on any atom is 0.305 e. The molecule has 0 unspecified atom stereocenters. The first-order chi connectivity index (χ1) is 8.60. The highest BCUT2D eigenvalue weighted by Gasteiger charge is 2.10. The number of carbonyl (C=O) groups is 2. The zero-order valence-electron chi connectivity index (χ0n) is 11.6. The molecule has 0 spiro atoms. The van der Waals surface area contributed by atoms with Crippen molar-refractivity contribution in [2.75, 3.05) is 6.61 Å². The van der Waals surface area contributed by atoms with Crippen LogP contribution < -0.4 is 0 Å². The van der Waals surface area contributed by atoms with Gasteiger partial charge >= 0.3 is 11.9 Å². The SMILES string of the molecule is CCCC[C@H](CC)COC(=O)CCCCC(=O)O. The zero-order valence-corrected chi connectivity index (χ0v) is 11.6. The Balaban J connectivity index is 3.58. The molecule has 1 atom stereocenters. The van der Waals surface area contributed by atoms with Gasteiger partial charge in [-0.1, -0.05) is 33.1 Å². The number of hydrogen-bond donors (Lipinski definition) is 1. The Morgan fingerprint density at radius 2 is 1.78 bits per heavy atom. The standard InChI is InChI=1S/C14H26O4/c1-3-5-8-12(4-2)11-18-14(17)10-7-6-9-13(15)16/h12H,3-11H2,1-2H3,(H,15,16)/t12-/m0/s1. The molecule has 0 radical (unpaired) electrons. The van der Waals surface area contributed by atoms with Crippen molar-refractivity contribution in [3.05, 3.63) is 0 Å². The van der Waals surface area contributed by atoms with Gasteiger partial charge < -0.3 is 9.84 Å². The van der Waals surface area contributed by atoms with Crippen molar-refractivity contribution < 1.29 is 19.4 Å². The normalized spacial score (nSPS) is 12.1. The van der Waals surface area contributed by atoms with E-state index in [1.807, 2.05) is 0 Å². The third-order valence-electron chi connectivity index (χ3n) is 3.04. The second kappa shape index (κ2) is 11.1. The minimum absolute atomic E-state index is 0.126. The number of carbonyl (C=O) groups excluding carboxylic acids is 1. The van der Waals surface area contributed by atoms with E-state index < -0.39 is 5.97 Å². The van der Waals surface area contributed by atoms with Crippen molar-refractivity contribution in [1.82, 2.24) is 0 Å². The van der Waals surface area contributed by atoms with E-state index in [1.54, 1.807) is 0 Å². The minimum atomic E-state index is -0.811. The van der Waals surface area contributed by atoms with Crippen LogP contribution in [0.4, 0.5) is 0 Å². The Labute approximate surface area is 110 Å². The monoisotopic (exact) mass is 258 g/mol. The van der Waals surface area contributed by atoms with Gasteiger partial charge in [0.1, 0.15) is 0 Å². The van der Waals surface area contributed by atoms with Gasteiger partial charge in [0.05, 0.1) is 6.61 Å². The van der Waals surface area contributed by atoms with Crippen LogP contribution in [0, 0.1) is 5.92 Å². The second-order valence-corrected chi connectivity index (χ2v) is 4.70. The molecule has 0 amide bonds. The number of carboxylic acids is 1. The molecule has 0 saturated carbocycles. The molecule has 4 heteroatoms. The van der Waals surface area contributed by atoms with Crippen molar-refractivity contribution in [3.63, 3.8) is 0 Å². The van der Waals surface area contributed by atoms with Crippen LogP contribution in [0.1, 0.15) is 65.2 Å². The lowest BCUT2D eigenvalue weighted by molar-refractivity contribution is -0.145. The number of rotatable bonds is 11. The van der Waals surface area contributed by atoms with Gasteiger partial charge in [-0.3, -0.25) is 9.59 Å². The van der Waals surface area contributed by atoms with Crippen LogP contribution in [0.15, 0.2) is 0 Å². The van der Waals surface area contributed by atoms with Crippen molar-refractivity contribution in [2.24, 2.45) is 5.92 Å². The number of aliphatic carboxylic acids is 1. The van der Waals surface area contributed by atoms with E-state index in [-0.39, 0.29) is 12.4 Å². The van der Waals surface area contributed by atoms with Crippen LogP contribution in [0.5, 0.6) is 0 Å². The lowest BCUT2D eigenvalue weighted by Gasteiger charge is -2.14. The highest BCUT2D eigenvalue weighted by atomic mass is 16.5. The molecule has 0 bridgehead atoms. The first kappa shape index (κ1) is 16.9. The summed E-state index contributed by atoms with van der Waals surface area (Å²) in [4.78, 5) is 21.7. The lowest BCUT2D eigenvalue weighted by Crippen LogP contribution is -2.13. The number of unbranched alkanes of at least 4 members (excludes halogenated alkanes) is 2. The van der Waals surface area contributed by atoms with Crippen LogP contribution in [-0.2, 0) is 14.3 Å². The third-order valence-corrected chi connectivity index (χ3v) is 3.04. The minimum Gasteiger partial charge on any atom is -0.481 e. The van der Waals surface area contributed by atoms with Crippen LogP contribution in [-0.4, -0.2) is 23.7 Å². The van der Waals surface area contributed by atoms with Gasteiger partial charge in [-0.2, -0.15) is 0 Å². The summed E-state index contributed by atoms with van der Waals surface area (Å²) in [7, 11) is 0. The summed E-state index contributed by atoms with van der Waals surface area (Å²) >= 11 is 0. The van der Waals surface area contributed by atoms with Gasteiger partial charge in [0.15, 0.2) is 0 Å². The average Bonchev–Trinajstić information content (AvgIpc) is 2.34. The molecule has 0 fully saturated rings. The molecule has 1 N–H and O–H groups in total. The fourth-order valence-electron chi connectivity index (χ4n) is 1.73. The summed E-state index contributed by atoms with van der Waals surface area (Å²) in [6.07, 6.45) is 6.08. The average molecular weight is 258 g/mol. The van der Waals surface area contributed by atoms with Crippen LogP contribution >= 0.6 is 0 Å². The molecule has 0 aromatic heterocycles. The van der Waals surface area contributed by atoms with Crippen LogP contribution in [0.3, 0.4) is 0 Å². The Morgan fingerprint density at radius 1 is 1.11 bits per heavy atom. The lowest BCUT2D eigenvalue weighted by atomic mass is 10.0. The van der Waals surface area contributed by atoms with E-state index in [9.17, 15) is 9.59 Å². The van der Waals surface area contributed by atoms with Gasteiger partial charge in [-0.25, -0.2) is 0 Å². The van der Waals surface area contributed by atoms with E-state index in [2.05, 4.69) is 13.8 Å². The third kappa shape index (κ3) is 10.1. The van der Waals surface area contributed by atoms with E-state index >= 15 is 0 Å². The summed E-state index contributed by atoms with van der Waals surface area (Å²) in [6, 6.07) is 0. The Bertz CT molecular complexity index is 238. The molecule has 0 aliphatic rings. The largest absolute Gasteiger partial charge is 0.481 e. The molecule has 0 rings (SSSR count). The number of esters is 1. The molecular weight excluding hydrogens is 232 g/mol. The van der Waals surface area contributed by atoms with Crippen LogP contribution in [0.2, 0.25) is 0 Å². The van der Waals surface area contributed by atoms with Crippen molar-refractivity contribution in [1.29, 1.82) is 0 Å². The predicted molar refractivity (Wildman–Crippen MR) is 70.4 cm³/mol. The molecule has 4 nitrogen and oxygen atoms in total. The van der Waals surface area contributed by atoms with Crippen molar-refractivity contribution in [2.45, 2.75) is 65.2 Å². The Kier molecular flexibility index (Phi) is 10.4. The van der Waals surface area contributed by atoms with Crippen molar-refractivity contribution in [3.8, 4) is 0 Å². The van der Waals surface area contributed by atoms with Gasteiger partial charge in [0.25, 0.3) is 0 Å². The molecule has 0 aromatic carbocycles. The highest BCUT2D eigenvalue weighted by Crippen LogP contribution is 2.13. The molecule has 106 valence electrons. The van der Waals surface area contributed by atoms with Gasteiger partial charge in [-0.15, -0.1) is 0 Å². The zero-order chi connectivity index (χ0) is 13.8. The second-order valence-electron chi connectivity index (χ2n) is 4.70. The van der Waals surface area contributed by atoms with Crippen molar-refractivity contribution >= 4 is 11.9 Å². The predicted octanol–water partition coefficient (Wildman–Crippen LogP) is 3.39. The Hall–Kier alpha value is -1.06. The number of hydrogen-bond acceptors (Lipinski definition) is 3. The fourth-order valence-corrected chi connectivity index (χ4v) is 1.73. The van der Waals surface area contributed by atoms with Gasteiger partial charge in [0, 0.05) is 12.8 Å². The molecule has 0 aliphatic carbocycles. The maximum absolute atomic E-state index is 11.4. The van der Waals surface area contributed by atoms with E-state index in [0.29, 0.717) is 31.8 Å². The first-order valence-electron chi connectivity index (χ1n) is 6.97. The number of carboxylic acid groups (broad SMARTS) is 1. The summed E-state index contributed by atoms with van der Waals surface area (Å²) in [5, 5.41) is 8.45. The summed E-state index contributed by atoms with van der Waals surface area (Å²) in [5.74, 6) is -0.544. The highest BCUT2D eigenvalue weighted by molar-refractivity contribution is 5.69. The quantitative estimate of drug-likeness (QED) is 0.456.